The van der Waals surface area contributed by atoms with Crippen molar-refractivity contribution in [1.82, 2.24) is 0 Å². The molecule has 0 N–H and O–H groups in total. The predicted octanol–water partition coefficient (Wildman–Crippen LogP) is 0.568. The van der Waals surface area contributed by atoms with Crippen molar-refractivity contribution in [2.75, 3.05) is 0 Å². The van der Waals surface area contributed by atoms with Crippen LogP contribution < -0.4 is 0 Å². The van der Waals surface area contributed by atoms with Gasteiger partial charge in [-0.2, -0.15) is 0 Å². The normalized spacial score (nSPS) is 19.2. The molecule has 0 aliphatic carbocycles. The van der Waals surface area contributed by atoms with Crippen LogP contribution in [0.25, 0.3) is 0 Å². The maximum absolute atomic E-state index is 4.83. The quantitative estimate of drug-likeness (QED) is 0.441. The Kier molecular flexibility index (Phi) is 0.967. The fourth-order valence-electron chi connectivity index (χ4n) is 0.196. The predicted molar refractivity (Wildman–Crippen MR) is 20.8 cm³/mol. The van der Waals surface area contributed by atoms with E-state index < -0.39 is 0 Å². The van der Waals surface area contributed by atoms with Crippen LogP contribution in [-0.2, 0) is 3.82 Å². The Labute approximate surface area is 37.5 Å². The van der Waals surface area contributed by atoms with E-state index in [4.69, 9.17) is 3.82 Å². The molecule has 1 nitrogen and oxygen atoms in total. The molecular weight excluding hydrogens is 131 g/mol. The second-order valence-electron chi connectivity index (χ2n) is 0.753. The van der Waals surface area contributed by atoms with Gasteiger partial charge in [-0.3, -0.25) is 0 Å². The molecule has 0 amide bonds. The molecule has 1 rings (SSSR count). The van der Waals surface area contributed by atoms with Crippen molar-refractivity contribution in [2.24, 2.45) is 0 Å². The summed E-state index contributed by atoms with van der Waals surface area (Å²) in [5.41, 5.74) is 0. The molecule has 0 spiro atoms. The molecular formula is C3H4OSe. The molecule has 0 aromatic rings. The van der Waals surface area contributed by atoms with E-state index in [0.717, 1.165) is 5.32 Å². The van der Waals surface area contributed by atoms with Crippen molar-refractivity contribution >= 4 is 15.3 Å². The zero-order valence-corrected chi connectivity index (χ0v) is 4.39. The van der Waals surface area contributed by atoms with Crippen LogP contribution in [0.1, 0.15) is 0 Å². The molecule has 0 atom stereocenters. The summed E-state index contributed by atoms with van der Waals surface area (Å²) in [5, 5.41) is 1.16. The third kappa shape index (κ3) is 0.673. The van der Waals surface area contributed by atoms with Gasteiger partial charge < -0.3 is 0 Å². The Balaban J connectivity index is 2.32. The second-order valence-corrected chi connectivity index (χ2v) is 2.35. The molecule has 5 heavy (non-hydrogen) atoms. The maximum atomic E-state index is 4.83. The third-order valence-corrected chi connectivity index (χ3v) is 1.59. The van der Waals surface area contributed by atoms with Gasteiger partial charge in [-0.1, -0.05) is 0 Å². The van der Waals surface area contributed by atoms with Gasteiger partial charge in [0, 0.05) is 0 Å². The van der Waals surface area contributed by atoms with Crippen LogP contribution in [0.4, 0.5) is 0 Å². The first-order chi connectivity index (χ1) is 2.50. The average Bonchev–Trinajstić information content (AvgIpc) is 1.76. The molecule has 1 aliphatic heterocycles. The van der Waals surface area contributed by atoms with Gasteiger partial charge in [0.25, 0.3) is 0 Å². The van der Waals surface area contributed by atoms with Gasteiger partial charge in [0.1, 0.15) is 0 Å². The van der Waals surface area contributed by atoms with Crippen LogP contribution in [-0.4, -0.2) is 15.3 Å². The van der Waals surface area contributed by atoms with Crippen LogP contribution in [0, 0.1) is 0 Å². The number of hydrogen-bond donors (Lipinski definition) is 0. The summed E-state index contributed by atoms with van der Waals surface area (Å²) in [6, 6.07) is 0. The monoisotopic (exact) mass is 136 g/mol. The Bertz CT molecular complexity index is 44.9. The first-order valence-electron chi connectivity index (χ1n) is 1.43. The van der Waals surface area contributed by atoms with Gasteiger partial charge in [-0.05, 0) is 0 Å². The molecule has 0 saturated carbocycles. The fraction of sp³-hybridized carbons (Fsp3) is 0.333. The molecule has 1 heterocycles. The van der Waals surface area contributed by atoms with Gasteiger partial charge in [0.2, 0.25) is 0 Å². The fourth-order valence-corrected chi connectivity index (χ4v) is 1.02. The average molecular weight is 135 g/mol. The summed E-state index contributed by atoms with van der Waals surface area (Å²) in [6.45, 7) is 0. The molecule has 0 bridgehead atoms. The van der Waals surface area contributed by atoms with Gasteiger partial charge in [0.15, 0.2) is 0 Å². The SMILES string of the molecule is C1=CO[Se]C1. The summed E-state index contributed by atoms with van der Waals surface area (Å²) in [7, 11) is 0. The number of allylic oxidation sites excluding steroid dienone is 1. The van der Waals surface area contributed by atoms with Crippen LogP contribution in [0.2, 0.25) is 5.32 Å². The molecule has 0 unspecified atom stereocenters. The summed E-state index contributed by atoms with van der Waals surface area (Å²) in [6.07, 6.45) is 3.81. The standard InChI is InChI=1S/C3H4OSe/c1-2-4-5-3-1/h1-2H,3H2. The number of hydrogen-bond acceptors (Lipinski definition) is 1. The molecule has 2 heteroatoms. The van der Waals surface area contributed by atoms with Crippen molar-refractivity contribution in [3.05, 3.63) is 12.3 Å². The third-order valence-electron chi connectivity index (χ3n) is 0.384. The Morgan fingerprint density at radius 1 is 1.80 bits per heavy atom. The first-order valence-corrected chi connectivity index (χ1v) is 3.34. The van der Waals surface area contributed by atoms with E-state index in [1.165, 1.54) is 0 Å². The molecule has 0 radical (unpaired) electrons. The van der Waals surface area contributed by atoms with E-state index in [1.807, 2.05) is 6.08 Å². The Morgan fingerprint density at radius 2 is 2.80 bits per heavy atom. The zero-order valence-electron chi connectivity index (χ0n) is 2.68. The van der Waals surface area contributed by atoms with Gasteiger partial charge >= 0.3 is 36.8 Å². The van der Waals surface area contributed by atoms with Crippen molar-refractivity contribution in [1.29, 1.82) is 0 Å². The van der Waals surface area contributed by atoms with Gasteiger partial charge in [-0.15, -0.1) is 0 Å². The summed E-state index contributed by atoms with van der Waals surface area (Å²) in [4.78, 5) is 0. The minimum atomic E-state index is 0.458. The molecule has 28 valence electrons. The van der Waals surface area contributed by atoms with E-state index >= 15 is 0 Å². The van der Waals surface area contributed by atoms with Gasteiger partial charge in [-0.25, -0.2) is 0 Å². The number of rotatable bonds is 0. The molecule has 0 saturated heterocycles. The van der Waals surface area contributed by atoms with E-state index in [2.05, 4.69) is 0 Å². The van der Waals surface area contributed by atoms with E-state index in [9.17, 15) is 0 Å². The summed E-state index contributed by atoms with van der Waals surface area (Å²) >= 11 is 0.458. The zero-order chi connectivity index (χ0) is 3.54. The van der Waals surface area contributed by atoms with E-state index in [1.54, 1.807) is 6.26 Å². The molecule has 1 aliphatic rings. The van der Waals surface area contributed by atoms with Crippen LogP contribution in [0.15, 0.2) is 12.3 Å². The topological polar surface area (TPSA) is 9.23 Å². The Morgan fingerprint density at radius 3 is 3.00 bits per heavy atom. The summed E-state index contributed by atoms with van der Waals surface area (Å²) in [5.74, 6) is 0. The van der Waals surface area contributed by atoms with Crippen LogP contribution in [0.5, 0.6) is 0 Å². The van der Waals surface area contributed by atoms with Crippen LogP contribution in [0.3, 0.4) is 0 Å². The van der Waals surface area contributed by atoms with E-state index in [0.29, 0.717) is 15.3 Å². The summed E-state index contributed by atoms with van der Waals surface area (Å²) < 4.78 is 4.83. The Hall–Kier alpha value is 0.0595. The van der Waals surface area contributed by atoms with Crippen molar-refractivity contribution in [2.45, 2.75) is 5.32 Å². The van der Waals surface area contributed by atoms with E-state index in [-0.39, 0.29) is 0 Å². The van der Waals surface area contributed by atoms with Crippen molar-refractivity contribution in [3.63, 3.8) is 0 Å². The van der Waals surface area contributed by atoms with Crippen molar-refractivity contribution in [3.8, 4) is 0 Å². The van der Waals surface area contributed by atoms with Crippen molar-refractivity contribution < 1.29 is 3.82 Å². The molecule has 0 aromatic carbocycles. The van der Waals surface area contributed by atoms with Gasteiger partial charge in [0.05, 0.1) is 0 Å². The molecule has 0 aromatic heterocycles. The molecule has 0 fully saturated rings. The van der Waals surface area contributed by atoms with Crippen LogP contribution >= 0.6 is 0 Å². The second kappa shape index (κ2) is 1.48. The first kappa shape index (κ1) is 3.26. The minimum absolute atomic E-state index is 0.458.